The highest BCUT2D eigenvalue weighted by Gasteiger charge is 2.32. The van der Waals surface area contributed by atoms with E-state index in [1.807, 2.05) is 0 Å². The van der Waals surface area contributed by atoms with Crippen LogP contribution >= 0.6 is 0 Å². The Morgan fingerprint density at radius 3 is 2.76 bits per heavy atom. The molecule has 0 bridgehead atoms. The van der Waals surface area contributed by atoms with E-state index in [4.69, 9.17) is 0 Å². The van der Waals surface area contributed by atoms with Gasteiger partial charge in [0.05, 0.1) is 0 Å². The highest BCUT2D eigenvalue weighted by Crippen LogP contribution is 2.37. The molecular formula is C17H30N4. The van der Waals surface area contributed by atoms with Gasteiger partial charge in [-0.25, -0.2) is 4.98 Å². The molecule has 0 saturated heterocycles. The van der Waals surface area contributed by atoms with E-state index in [9.17, 15) is 0 Å². The summed E-state index contributed by atoms with van der Waals surface area (Å²) in [5, 5.41) is 8.09. The lowest BCUT2D eigenvalue weighted by Crippen LogP contribution is -2.35. The van der Waals surface area contributed by atoms with Crippen molar-refractivity contribution in [3.8, 4) is 0 Å². The van der Waals surface area contributed by atoms with Gasteiger partial charge in [-0.1, -0.05) is 19.8 Å². The summed E-state index contributed by atoms with van der Waals surface area (Å²) in [6.45, 7) is 6.65. The summed E-state index contributed by atoms with van der Waals surface area (Å²) in [4.78, 5) is 4.51. The molecule has 3 rings (SSSR count). The number of rotatable bonds is 7. The minimum Gasteiger partial charge on any atom is -0.314 e. The number of aromatic nitrogens is 3. The van der Waals surface area contributed by atoms with Crippen LogP contribution in [0, 0.1) is 17.8 Å². The molecule has 0 radical (unpaired) electrons. The molecule has 3 unspecified atom stereocenters. The Hall–Kier alpha value is -0.900. The van der Waals surface area contributed by atoms with Crippen LogP contribution in [0.15, 0.2) is 6.33 Å². The molecule has 1 N–H and O–H groups in total. The van der Waals surface area contributed by atoms with Gasteiger partial charge in [-0.3, -0.25) is 4.68 Å². The second-order valence-corrected chi connectivity index (χ2v) is 6.99. The molecule has 1 aromatic rings. The van der Waals surface area contributed by atoms with Gasteiger partial charge in [-0.15, -0.1) is 0 Å². The zero-order chi connectivity index (χ0) is 14.7. The van der Waals surface area contributed by atoms with Crippen LogP contribution < -0.4 is 5.32 Å². The molecule has 118 valence electrons. The topological polar surface area (TPSA) is 42.7 Å². The molecular weight excluding hydrogens is 260 g/mol. The molecule has 4 heteroatoms. The van der Waals surface area contributed by atoms with Crippen molar-refractivity contribution in [2.45, 2.75) is 71.4 Å². The van der Waals surface area contributed by atoms with Gasteiger partial charge in [0.1, 0.15) is 12.2 Å². The van der Waals surface area contributed by atoms with Gasteiger partial charge in [0, 0.05) is 19.0 Å². The summed E-state index contributed by atoms with van der Waals surface area (Å²) < 4.78 is 2.07. The number of hydrogen-bond donors (Lipinski definition) is 1. The molecule has 2 fully saturated rings. The second kappa shape index (κ2) is 6.91. The molecule has 2 aliphatic rings. The first-order chi connectivity index (χ1) is 10.3. The van der Waals surface area contributed by atoms with Gasteiger partial charge in [0.2, 0.25) is 0 Å². The van der Waals surface area contributed by atoms with Gasteiger partial charge < -0.3 is 5.32 Å². The maximum Gasteiger partial charge on any atom is 0.138 e. The fraction of sp³-hybridized carbons (Fsp3) is 0.882. The van der Waals surface area contributed by atoms with Crippen molar-refractivity contribution in [1.82, 2.24) is 20.1 Å². The fourth-order valence-corrected chi connectivity index (χ4v) is 3.86. The Morgan fingerprint density at radius 1 is 1.19 bits per heavy atom. The quantitative estimate of drug-likeness (QED) is 0.839. The normalized spacial score (nSPS) is 29.7. The van der Waals surface area contributed by atoms with Crippen molar-refractivity contribution in [3.05, 3.63) is 12.2 Å². The maximum absolute atomic E-state index is 4.51. The van der Waals surface area contributed by atoms with Crippen LogP contribution in [0.2, 0.25) is 0 Å². The molecule has 1 heterocycles. The van der Waals surface area contributed by atoms with Crippen molar-refractivity contribution in [2.24, 2.45) is 17.8 Å². The van der Waals surface area contributed by atoms with Crippen LogP contribution in [0.3, 0.4) is 0 Å². The first kappa shape index (κ1) is 15.0. The molecule has 21 heavy (non-hydrogen) atoms. The van der Waals surface area contributed by atoms with E-state index in [-0.39, 0.29) is 0 Å². The lowest BCUT2D eigenvalue weighted by atomic mass is 9.71. The molecule has 3 atom stereocenters. The van der Waals surface area contributed by atoms with Crippen LogP contribution in [-0.2, 0) is 13.0 Å². The highest BCUT2D eigenvalue weighted by molar-refractivity contribution is 4.93. The molecule has 0 spiro atoms. The van der Waals surface area contributed by atoms with Crippen LogP contribution in [-0.4, -0.2) is 27.4 Å². The summed E-state index contributed by atoms with van der Waals surface area (Å²) in [5.74, 6) is 3.72. The highest BCUT2D eigenvalue weighted by atomic mass is 15.3. The Morgan fingerprint density at radius 2 is 2.05 bits per heavy atom. The molecule has 0 amide bonds. The molecule has 1 aromatic heterocycles. The van der Waals surface area contributed by atoms with Gasteiger partial charge in [0.25, 0.3) is 0 Å². The number of aryl methyl sites for hydroxylation is 1. The Bertz CT molecular complexity index is 438. The molecule has 4 nitrogen and oxygen atoms in total. The van der Waals surface area contributed by atoms with E-state index in [2.05, 4.69) is 33.9 Å². The minimum absolute atomic E-state index is 0.782. The first-order valence-electron chi connectivity index (χ1n) is 8.90. The monoisotopic (exact) mass is 290 g/mol. The predicted octanol–water partition coefficient (Wildman–Crippen LogP) is 3.04. The Labute approximate surface area is 128 Å². The second-order valence-electron chi connectivity index (χ2n) is 6.99. The lowest BCUT2D eigenvalue weighted by Gasteiger charge is -2.36. The van der Waals surface area contributed by atoms with E-state index >= 15 is 0 Å². The maximum atomic E-state index is 4.51. The molecule has 0 aliphatic heterocycles. The molecule has 2 saturated carbocycles. The third-order valence-electron chi connectivity index (χ3n) is 5.51. The van der Waals surface area contributed by atoms with Crippen molar-refractivity contribution in [2.75, 3.05) is 6.54 Å². The zero-order valence-electron chi connectivity index (χ0n) is 13.6. The average Bonchev–Trinajstić information content (AvgIpc) is 3.24. The van der Waals surface area contributed by atoms with Crippen LogP contribution in [0.4, 0.5) is 0 Å². The van der Waals surface area contributed by atoms with Gasteiger partial charge in [-0.05, 0) is 56.9 Å². The first-order valence-corrected chi connectivity index (χ1v) is 8.90. The van der Waals surface area contributed by atoms with E-state index in [1.165, 1.54) is 50.9 Å². The predicted molar refractivity (Wildman–Crippen MR) is 85.0 cm³/mol. The van der Waals surface area contributed by atoms with Crippen LogP contribution in [0.1, 0.15) is 58.2 Å². The summed E-state index contributed by atoms with van der Waals surface area (Å²) in [6, 6.07) is 0.828. The zero-order valence-corrected chi connectivity index (χ0v) is 13.6. The van der Waals surface area contributed by atoms with Gasteiger partial charge in [-0.2, -0.15) is 5.10 Å². The largest absolute Gasteiger partial charge is 0.314 e. The van der Waals surface area contributed by atoms with Crippen molar-refractivity contribution in [1.29, 1.82) is 0 Å². The van der Waals surface area contributed by atoms with Crippen molar-refractivity contribution < 1.29 is 0 Å². The Balaban J connectivity index is 1.63. The smallest absolute Gasteiger partial charge is 0.138 e. The number of hydrogen-bond acceptors (Lipinski definition) is 3. The van der Waals surface area contributed by atoms with E-state index < -0.39 is 0 Å². The third-order valence-corrected chi connectivity index (χ3v) is 5.51. The van der Waals surface area contributed by atoms with Gasteiger partial charge in [0.15, 0.2) is 0 Å². The number of nitrogens with zero attached hydrogens (tertiary/aromatic N) is 3. The van der Waals surface area contributed by atoms with E-state index in [1.54, 1.807) is 6.33 Å². The third kappa shape index (κ3) is 3.85. The summed E-state index contributed by atoms with van der Waals surface area (Å²) >= 11 is 0. The molecule has 0 aromatic carbocycles. The fourth-order valence-electron chi connectivity index (χ4n) is 3.86. The van der Waals surface area contributed by atoms with Gasteiger partial charge >= 0.3 is 0 Å². The lowest BCUT2D eigenvalue weighted by molar-refractivity contribution is 0.167. The average molecular weight is 290 g/mol. The van der Waals surface area contributed by atoms with Crippen LogP contribution in [0.25, 0.3) is 0 Å². The van der Waals surface area contributed by atoms with E-state index in [0.29, 0.717) is 0 Å². The Kier molecular flexibility index (Phi) is 4.94. The van der Waals surface area contributed by atoms with Crippen molar-refractivity contribution in [3.63, 3.8) is 0 Å². The molecule has 2 aliphatic carbocycles. The summed E-state index contributed by atoms with van der Waals surface area (Å²) in [6.07, 6.45) is 11.1. The SMILES string of the molecule is CCC1CCC(CNC2CC2)C(Cc2ncnn2CC)C1. The number of nitrogens with one attached hydrogen (secondary N) is 1. The summed E-state index contributed by atoms with van der Waals surface area (Å²) in [5.41, 5.74) is 0. The minimum atomic E-state index is 0.782. The standard InChI is InChI=1S/C17H30N4/c1-3-13-5-6-14(11-18-16-7-8-16)15(9-13)10-17-19-12-20-21(17)4-2/h12-16,18H,3-11H2,1-2H3. The van der Waals surface area contributed by atoms with E-state index in [0.717, 1.165) is 36.8 Å². The summed E-state index contributed by atoms with van der Waals surface area (Å²) in [7, 11) is 0. The van der Waals surface area contributed by atoms with Crippen molar-refractivity contribution >= 4 is 0 Å². The van der Waals surface area contributed by atoms with Crippen LogP contribution in [0.5, 0.6) is 0 Å².